The largest absolute Gasteiger partial charge is 0.0814 e. The molecule has 2 aromatic carbocycles. The average molecular weight is 374 g/mol. The van der Waals surface area contributed by atoms with Gasteiger partial charge < -0.3 is 0 Å². The zero-order chi connectivity index (χ0) is 19.1. The summed E-state index contributed by atoms with van der Waals surface area (Å²) in [5, 5.41) is 3.21. The molecule has 0 aromatic heterocycles. The molecule has 1 aliphatic rings. The van der Waals surface area contributed by atoms with E-state index in [9.17, 15) is 0 Å². The fraction of sp³-hybridized carbons (Fsp3) is 0.478. The summed E-state index contributed by atoms with van der Waals surface area (Å²) in [6.45, 7) is 19.9. The number of fused-ring (bicyclic) bond motifs is 2. The zero-order valence-corrected chi connectivity index (χ0v) is 19.4. The SMILES string of the molecule is CC.CC.CC1c2cccc(P(C)C)c2Cc2c1cccc2P(C)C. The molecule has 0 saturated carbocycles. The normalized spacial score (nSPS) is 12.6. The van der Waals surface area contributed by atoms with E-state index in [0.717, 1.165) is 6.42 Å². The van der Waals surface area contributed by atoms with Gasteiger partial charge in [-0.3, -0.25) is 0 Å². The highest BCUT2D eigenvalue weighted by Gasteiger charge is 2.26. The molecule has 0 spiro atoms. The highest BCUT2D eigenvalue weighted by atomic mass is 31.1. The quantitative estimate of drug-likeness (QED) is 0.524. The van der Waals surface area contributed by atoms with Crippen molar-refractivity contribution in [2.24, 2.45) is 0 Å². The minimum Gasteiger partial charge on any atom is -0.0814 e. The third-order valence-electron chi connectivity index (χ3n) is 4.63. The van der Waals surface area contributed by atoms with E-state index in [1.54, 1.807) is 32.9 Å². The standard InChI is InChI=1S/C19H24P2.2C2H6/c1-13-14-8-6-10-18(20(2)3)16(14)12-17-15(13)9-7-11-19(17)21(4)5;2*1-2/h6-11,13H,12H2,1-5H3;2*1-2H3. The Morgan fingerprint density at radius 2 is 1.04 bits per heavy atom. The van der Waals surface area contributed by atoms with Crippen molar-refractivity contribution < 1.29 is 0 Å². The Labute approximate surface area is 159 Å². The molecule has 2 heteroatoms. The predicted octanol–water partition coefficient (Wildman–Crippen LogP) is 6.53. The molecule has 0 atom stereocenters. The summed E-state index contributed by atoms with van der Waals surface area (Å²) in [5.74, 6) is 0.536. The van der Waals surface area contributed by atoms with E-state index in [0.29, 0.717) is 5.92 Å². The van der Waals surface area contributed by atoms with Crippen LogP contribution in [0.4, 0.5) is 0 Å². The molecule has 1 aliphatic carbocycles. The highest BCUT2D eigenvalue weighted by Crippen LogP contribution is 2.40. The molecule has 0 saturated heterocycles. The van der Waals surface area contributed by atoms with Crippen molar-refractivity contribution in [1.82, 2.24) is 0 Å². The Morgan fingerprint density at radius 3 is 1.36 bits per heavy atom. The minimum absolute atomic E-state index is 0.0382. The number of hydrogen-bond acceptors (Lipinski definition) is 0. The van der Waals surface area contributed by atoms with Gasteiger partial charge in [0.05, 0.1) is 0 Å². The van der Waals surface area contributed by atoms with Gasteiger partial charge in [0.15, 0.2) is 0 Å². The van der Waals surface area contributed by atoms with Gasteiger partial charge in [-0.2, -0.15) is 0 Å². The maximum Gasteiger partial charge on any atom is 0.00671 e. The molecule has 3 rings (SSSR count). The van der Waals surface area contributed by atoms with Gasteiger partial charge in [-0.05, 0) is 65.9 Å². The van der Waals surface area contributed by atoms with Crippen molar-refractivity contribution in [1.29, 1.82) is 0 Å². The third-order valence-corrected chi connectivity index (χ3v) is 7.39. The van der Waals surface area contributed by atoms with Crippen LogP contribution in [0.5, 0.6) is 0 Å². The van der Waals surface area contributed by atoms with E-state index in [1.807, 2.05) is 27.7 Å². The van der Waals surface area contributed by atoms with Crippen molar-refractivity contribution in [3.63, 3.8) is 0 Å². The highest BCUT2D eigenvalue weighted by molar-refractivity contribution is 7.64. The van der Waals surface area contributed by atoms with Crippen LogP contribution in [-0.2, 0) is 6.42 Å². The van der Waals surface area contributed by atoms with Crippen LogP contribution in [0.3, 0.4) is 0 Å². The van der Waals surface area contributed by atoms with Crippen molar-refractivity contribution in [3.8, 4) is 0 Å². The second-order valence-electron chi connectivity index (χ2n) is 6.38. The zero-order valence-electron chi connectivity index (χ0n) is 17.6. The summed E-state index contributed by atoms with van der Waals surface area (Å²) >= 11 is 0. The van der Waals surface area contributed by atoms with Crippen molar-refractivity contribution in [3.05, 3.63) is 58.7 Å². The predicted molar refractivity (Wildman–Crippen MR) is 123 cm³/mol. The smallest absolute Gasteiger partial charge is 0.00671 e. The van der Waals surface area contributed by atoms with Crippen LogP contribution in [0, 0.1) is 0 Å². The van der Waals surface area contributed by atoms with Gasteiger partial charge in [-0.1, -0.05) is 86.9 Å². The van der Waals surface area contributed by atoms with Gasteiger partial charge in [0.25, 0.3) is 0 Å². The Balaban J connectivity index is 0.000000730. The van der Waals surface area contributed by atoms with Crippen molar-refractivity contribution >= 4 is 26.5 Å². The lowest BCUT2D eigenvalue weighted by atomic mass is 9.79. The van der Waals surface area contributed by atoms with Gasteiger partial charge in [0.2, 0.25) is 0 Å². The van der Waals surface area contributed by atoms with Gasteiger partial charge in [-0.25, -0.2) is 0 Å². The molecule has 0 fully saturated rings. The summed E-state index contributed by atoms with van der Waals surface area (Å²) in [6.07, 6.45) is 1.14. The fourth-order valence-electron chi connectivity index (χ4n) is 3.56. The lowest BCUT2D eigenvalue weighted by Gasteiger charge is -2.31. The van der Waals surface area contributed by atoms with E-state index in [1.165, 1.54) is 0 Å². The van der Waals surface area contributed by atoms with Crippen LogP contribution in [0.15, 0.2) is 36.4 Å². The van der Waals surface area contributed by atoms with Crippen LogP contribution in [-0.4, -0.2) is 26.7 Å². The molecule has 138 valence electrons. The molecule has 0 unspecified atom stereocenters. The molecule has 0 radical (unpaired) electrons. The Bertz CT molecular complexity index is 614. The van der Waals surface area contributed by atoms with Crippen molar-refractivity contribution in [2.45, 2.75) is 47.0 Å². The monoisotopic (exact) mass is 374 g/mol. The topological polar surface area (TPSA) is 0 Å². The van der Waals surface area contributed by atoms with E-state index in [2.05, 4.69) is 70.0 Å². The van der Waals surface area contributed by atoms with E-state index >= 15 is 0 Å². The maximum atomic E-state index is 2.38. The first-order chi connectivity index (χ1) is 12.0. The first-order valence-electron chi connectivity index (χ1n) is 9.59. The van der Waals surface area contributed by atoms with Crippen LogP contribution >= 0.6 is 15.8 Å². The Hall–Kier alpha value is -0.700. The summed E-state index contributed by atoms with van der Waals surface area (Å²) in [4.78, 5) is 0. The first-order valence-corrected chi connectivity index (χ1v) is 14.1. The summed E-state index contributed by atoms with van der Waals surface area (Å²) in [7, 11) is -0.0765. The molecule has 0 nitrogen and oxygen atoms in total. The Morgan fingerprint density at radius 1 is 0.680 bits per heavy atom. The number of rotatable bonds is 2. The molecule has 0 bridgehead atoms. The van der Waals surface area contributed by atoms with Crippen LogP contribution in [0.2, 0.25) is 0 Å². The molecule has 2 aromatic rings. The fourth-order valence-corrected chi connectivity index (χ4v) is 5.83. The molecule has 0 amide bonds. The van der Waals surface area contributed by atoms with Gasteiger partial charge in [0.1, 0.15) is 0 Å². The summed E-state index contributed by atoms with van der Waals surface area (Å²) < 4.78 is 0. The molecule has 0 N–H and O–H groups in total. The Kier molecular flexibility index (Phi) is 9.34. The summed E-state index contributed by atoms with van der Waals surface area (Å²) in [5.41, 5.74) is 6.37. The van der Waals surface area contributed by atoms with Crippen LogP contribution in [0.25, 0.3) is 0 Å². The lowest BCUT2D eigenvalue weighted by Crippen LogP contribution is -2.24. The second kappa shape index (κ2) is 10.4. The van der Waals surface area contributed by atoms with Crippen molar-refractivity contribution in [2.75, 3.05) is 26.7 Å². The average Bonchev–Trinajstić information content (AvgIpc) is 2.64. The van der Waals surface area contributed by atoms with Gasteiger partial charge >= 0.3 is 0 Å². The van der Waals surface area contributed by atoms with Gasteiger partial charge in [0, 0.05) is 5.92 Å². The van der Waals surface area contributed by atoms with E-state index in [4.69, 9.17) is 0 Å². The third kappa shape index (κ3) is 4.72. The second-order valence-corrected chi connectivity index (χ2v) is 10.9. The first kappa shape index (κ1) is 22.3. The van der Waals surface area contributed by atoms with Crippen LogP contribution in [0.1, 0.15) is 62.8 Å². The van der Waals surface area contributed by atoms with E-state index in [-0.39, 0.29) is 15.8 Å². The molecular weight excluding hydrogens is 338 g/mol. The number of hydrogen-bond donors (Lipinski definition) is 0. The molecular formula is C23H36P2. The maximum absolute atomic E-state index is 2.38. The lowest BCUT2D eigenvalue weighted by molar-refractivity contribution is 0.853. The minimum atomic E-state index is -0.0382. The summed E-state index contributed by atoms with van der Waals surface area (Å²) in [6, 6.07) is 13.9. The molecule has 0 heterocycles. The molecule has 0 aliphatic heterocycles. The van der Waals surface area contributed by atoms with E-state index < -0.39 is 0 Å². The van der Waals surface area contributed by atoms with Crippen LogP contribution < -0.4 is 10.6 Å². The molecule has 25 heavy (non-hydrogen) atoms. The number of benzene rings is 2. The van der Waals surface area contributed by atoms with Gasteiger partial charge in [-0.15, -0.1) is 0 Å².